The molecule has 0 aromatic heterocycles. The van der Waals surface area contributed by atoms with Crippen molar-refractivity contribution in [2.45, 2.75) is 33.1 Å². The van der Waals surface area contributed by atoms with E-state index in [-0.39, 0.29) is 11.8 Å². The van der Waals surface area contributed by atoms with Crippen LogP contribution in [0.4, 0.5) is 0 Å². The Hall–Kier alpha value is -1.75. The molecular weight excluding hydrogens is 294 g/mol. The Morgan fingerprint density at radius 3 is 2.57 bits per heavy atom. The number of nitrogens with one attached hydrogen (secondary N) is 1. The molecule has 2 rings (SSSR count). The Morgan fingerprint density at radius 2 is 1.87 bits per heavy atom. The summed E-state index contributed by atoms with van der Waals surface area (Å²) in [6.45, 7) is 7.13. The average Bonchev–Trinajstić information content (AvgIpc) is 2.58. The number of amides is 1. The van der Waals surface area contributed by atoms with E-state index < -0.39 is 0 Å². The van der Waals surface area contributed by atoms with Crippen LogP contribution in [0.5, 0.6) is 11.5 Å². The van der Waals surface area contributed by atoms with Gasteiger partial charge in [-0.2, -0.15) is 0 Å². The van der Waals surface area contributed by atoms with Crippen LogP contribution in [-0.2, 0) is 16.0 Å². The number of benzene rings is 1. The van der Waals surface area contributed by atoms with E-state index in [4.69, 9.17) is 14.2 Å². The SMILES string of the molecule is CCOc1ccc(CCNC(=O)C2CCOCC2)cc1OCC. The monoisotopic (exact) mass is 321 g/mol. The van der Waals surface area contributed by atoms with Crippen molar-refractivity contribution in [1.29, 1.82) is 0 Å². The molecule has 1 aromatic carbocycles. The summed E-state index contributed by atoms with van der Waals surface area (Å²) < 4.78 is 16.5. The van der Waals surface area contributed by atoms with Gasteiger partial charge in [0.15, 0.2) is 11.5 Å². The standard InChI is InChI=1S/C18H27NO4/c1-3-22-16-6-5-14(13-17(16)23-4-2)7-10-19-18(20)15-8-11-21-12-9-15/h5-6,13,15H,3-4,7-12H2,1-2H3,(H,19,20). The average molecular weight is 321 g/mol. The third-order valence-electron chi connectivity index (χ3n) is 3.91. The molecule has 0 spiro atoms. The molecular formula is C18H27NO4. The van der Waals surface area contributed by atoms with Crippen LogP contribution in [0.1, 0.15) is 32.3 Å². The molecule has 1 saturated heterocycles. The normalized spacial score (nSPS) is 15.2. The lowest BCUT2D eigenvalue weighted by molar-refractivity contribution is -0.127. The number of hydrogen-bond acceptors (Lipinski definition) is 4. The van der Waals surface area contributed by atoms with Crippen molar-refractivity contribution in [3.05, 3.63) is 23.8 Å². The van der Waals surface area contributed by atoms with Gasteiger partial charge in [0, 0.05) is 25.7 Å². The van der Waals surface area contributed by atoms with Crippen molar-refractivity contribution in [1.82, 2.24) is 5.32 Å². The summed E-state index contributed by atoms with van der Waals surface area (Å²) in [6.07, 6.45) is 2.42. The van der Waals surface area contributed by atoms with E-state index in [0.29, 0.717) is 33.0 Å². The van der Waals surface area contributed by atoms with E-state index in [1.165, 1.54) is 0 Å². The minimum atomic E-state index is 0.100. The number of carbonyl (C=O) groups is 1. The fourth-order valence-corrected chi connectivity index (χ4v) is 2.69. The van der Waals surface area contributed by atoms with Gasteiger partial charge in [-0.25, -0.2) is 0 Å². The fraction of sp³-hybridized carbons (Fsp3) is 0.611. The van der Waals surface area contributed by atoms with E-state index >= 15 is 0 Å². The first kappa shape index (κ1) is 17.6. The second-order valence-electron chi connectivity index (χ2n) is 5.57. The third kappa shape index (κ3) is 5.43. The highest BCUT2D eigenvalue weighted by Crippen LogP contribution is 2.28. The molecule has 1 fully saturated rings. The van der Waals surface area contributed by atoms with E-state index in [2.05, 4.69) is 5.32 Å². The van der Waals surface area contributed by atoms with Gasteiger partial charge in [0.25, 0.3) is 0 Å². The molecule has 1 aliphatic rings. The molecule has 1 heterocycles. The van der Waals surface area contributed by atoms with Gasteiger partial charge in [0.2, 0.25) is 5.91 Å². The van der Waals surface area contributed by atoms with Crippen LogP contribution in [0.25, 0.3) is 0 Å². The van der Waals surface area contributed by atoms with E-state index in [1.807, 2.05) is 32.0 Å². The highest BCUT2D eigenvalue weighted by atomic mass is 16.5. The topological polar surface area (TPSA) is 56.8 Å². The maximum Gasteiger partial charge on any atom is 0.223 e. The zero-order valence-electron chi connectivity index (χ0n) is 14.1. The molecule has 128 valence electrons. The van der Waals surface area contributed by atoms with Crippen LogP contribution >= 0.6 is 0 Å². The van der Waals surface area contributed by atoms with Crippen LogP contribution in [0, 0.1) is 5.92 Å². The highest BCUT2D eigenvalue weighted by Gasteiger charge is 2.20. The number of hydrogen-bond donors (Lipinski definition) is 1. The second-order valence-corrected chi connectivity index (χ2v) is 5.57. The summed E-state index contributed by atoms with van der Waals surface area (Å²) in [4.78, 5) is 12.1. The molecule has 0 radical (unpaired) electrons. The van der Waals surface area contributed by atoms with E-state index in [9.17, 15) is 4.79 Å². The van der Waals surface area contributed by atoms with Crippen LogP contribution in [0.3, 0.4) is 0 Å². The largest absolute Gasteiger partial charge is 0.490 e. The van der Waals surface area contributed by atoms with Crippen LogP contribution in [0.15, 0.2) is 18.2 Å². The zero-order valence-corrected chi connectivity index (χ0v) is 14.1. The van der Waals surface area contributed by atoms with Crippen molar-refractivity contribution in [3.63, 3.8) is 0 Å². The molecule has 1 N–H and O–H groups in total. The van der Waals surface area contributed by atoms with Crippen LogP contribution in [-0.4, -0.2) is 38.9 Å². The fourth-order valence-electron chi connectivity index (χ4n) is 2.69. The third-order valence-corrected chi connectivity index (χ3v) is 3.91. The molecule has 0 aliphatic carbocycles. The van der Waals surface area contributed by atoms with Crippen molar-refractivity contribution in [2.24, 2.45) is 5.92 Å². The van der Waals surface area contributed by atoms with Crippen LogP contribution < -0.4 is 14.8 Å². The van der Waals surface area contributed by atoms with Gasteiger partial charge in [0.05, 0.1) is 13.2 Å². The van der Waals surface area contributed by atoms with Gasteiger partial charge in [-0.05, 0) is 50.8 Å². The number of carbonyl (C=O) groups excluding carboxylic acids is 1. The first-order valence-corrected chi connectivity index (χ1v) is 8.48. The minimum absolute atomic E-state index is 0.100. The zero-order chi connectivity index (χ0) is 16.5. The molecule has 1 aliphatic heterocycles. The lowest BCUT2D eigenvalue weighted by Crippen LogP contribution is -2.35. The van der Waals surface area contributed by atoms with Crippen molar-refractivity contribution in [2.75, 3.05) is 33.0 Å². The van der Waals surface area contributed by atoms with Gasteiger partial charge in [0.1, 0.15) is 0 Å². The van der Waals surface area contributed by atoms with Gasteiger partial charge in [-0.15, -0.1) is 0 Å². The quantitative estimate of drug-likeness (QED) is 0.799. The first-order valence-electron chi connectivity index (χ1n) is 8.48. The Bertz CT molecular complexity index is 498. The molecule has 0 saturated carbocycles. The summed E-state index contributed by atoms with van der Waals surface area (Å²) >= 11 is 0. The van der Waals surface area contributed by atoms with Crippen molar-refractivity contribution < 1.29 is 19.0 Å². The summed E-state index contributed by atoms with van der Waals surface area (Å²) in [5.41, 5.74) is 1.13. The summed E-state index contributed by atoms with van der Waals surface area (Å²) in [7, 11) is 0. The van der Waals surface area contributed by atoms with Gasteiger partial charge >= 0.3 is 0 Å². The maximum atomic E-state index is 12.1. The lowest BCUT2D eigenvalue weighted by Gasteiger charge is -2.21. The van der Waals surface area contributed by atoms with Crippen LogP contribution in [0.2, 0.25) is 0 Å². The molecule has 23 heavy (non-hydrogen) atoms. The Morgan fingerprint density at radius 1 is 1.17 bits per heavy atom. The maximum absolute atomic E-state index is 12.1. The number of rotatable bonds is 8. The van der Waals surface area contributed by atoms with Gasteiger partial charge in [-0.3, -0.25) is 4.79 Å². The molecule has 1 aromatic rings. The minimum Gasteiger partial charge on any atom is -0.490 e. The van der Waals surface area contributed by atoms with E-state index in [1.54, 1.807) is 0 Å². The Labute approximate surface area is 138 Å². The first-order chi connectivity index (χ1) is 11.2. The Kier molecular flexibility index (Phi) is 7.20. The lowest BCUT2D eigenvalue weighted by atomic mass is 9.99. The highest BCUT2D eigenvalue weighted by molar-refractivity contribution is 5.78. The Balaban J connectivity index is 1.84. The van der Waals surface area contributed by atoms with E-state index in [0.717, 1.165) is 36.3 Å². The molecule has 5 nitrogen and oxygen atoms in total. The molecule has 1 amide bonds. The molecule has 5 heteroatoms. The summed E-state index contributed by atoms with van der Waals surface area (Å²) in [5, 5.41) is 3.03. The molecule has 0 unspecified atom stereocenters. The summed E-state index contributed by atoms with van der Waals surface area (Å²) in [5.74, 6) is 1.78. The summed E-state index contributed by atoms with van der Waals surface area (Å²) in [6, 6.07) is 5.95. The predicted molar refractivity (Wildman–Crippen MR) is 89.0 cm³/mol. The smallest absolute Gasteiger partial charge is 0.223 e. The van der Waals surface area contributed by atoms with Gasteiger partial charge < -0.3 is 19.5 Å². The number of ether oxygens (including phenoxy) is 3. The molecule has 0 bridgehead atoms. The predicted octanol–water partition coefficient (Wildman–Crippen LogP) is 2.57. The van der Waals surface area contributed by atoms with Crippen molar-refractivity contribution in [3.8, 4) is 11.5 Å². The van der Waals surface area contributed by atoms with Crippen molar-refractivity contribution >= 4 is 5.91 Å². The second kappa shape index (κ2) is 9.40. The van der Waals surface area contributed by atoms with Gasteiger partial charge in [-0.1, -0.05) is 6.07 Å². The molecule has 0 atom stereocenters.